The molecule has 5 heteroatoms. The van der Waals surface area contributed by atoms with Gasteiger partial charge >= 0.3 is 0 Å². The van der Waals surface area contributed by atoms with E-state index in [1.165, 1.54) is 5.39 Å². The number of benzene rings is 5. The summed E-state index contributed by atoms with van der Waals surface area (Å²) in [4.78, 5) is 19.2. The van der Waals surface area contributed by atoms with Gasteiger partial charge in [0.05, 0.1) is 5.39 Å². The molecule has 8 aromatic rings. The van der Waals surface area contributed by atoms with Crippen LogP contribution in [0.2, 0.25) is 0 Å². The third-order valence-electron chi connectivity index (χ3n) is 8.49. The van der Waals surface area contributed by atoms with Crippen LogP contribution in [0.1, 0.15) is 23.8 Å². The van der Waals surface area contributed by atoms with Crippen LogP contribution >= 0.6 is 0 Å². The Labute approximate surface area is 278 Å². The number of pyridine rings is 1. The highest BCUT2D eigenvalue weighted by Gasteiger charge is 2.21. The minimum absolute atomic E-state index is 0.569. The van der Waals surface area contributed by atoms with Crippen molar-refractivity contribution in [3.8, 4) is 45.3 Å². The first-order chi connectivity index (χ1) is 23.7. The number of hydrogen-bond acceptors (Lipinski definition) is 5. The number of fused-ring (bicyclic) bond motifs is 2. The number of nitrogens with zero attached hydrogens (tertiary/aromatic N) is 4. The van der Waals surface area contributed by atoms with Crippen LogP contribution < -0.4 is 0 Å². The quantitative estimate of drug-likeness (QED) is 0.178. The van der Waals surface area contributed by atoms with Crippen molar-refractivity contribution in [1.82, 2.24) is 19.9 Å². The Morgan fingerprint density at radius 3 is 1.79 bits per heavy atom. The summed E-state index contributed by atoms with van der Waals surface area (Å²) in [6.07, 6.45) is 5.89. The van der Waals surface area contributed by atoms with Gasteiger partial charge in [0.15, 0.2) is 17.5 Å². The van der Waals surface area contributed by atoms with E-state index in [-0.39, 0.29) is 0 Å². The third-order valence-corrected chi connectivity index (χ3v) is 8.49. The lowest BCUT2D eigenvalue weighted by Gasteiger charge is -2.09. The molecule has 0 radical (unpaired) electrons. The Morgan fingerprint density at radius 2 is 1.17 bits per heavy atom. The molecule has 0 aliphatic rings. The normalized spacial score (nSPS) is 11.4. The van der Waals surface area contributed by atoms with E-state index < -0.39 is 0 Å². The molecule has 0 atom stereocenters. The summed E-state index contributed by atoms with van der Waals surface area (Å²) in [6.45, 7) is 6.48. The molecule has 8 rings (SSSR count). The van der Waals surface area contributed by atoms with E-state index in [1.54, 1.807) is 6.20 Å². The van der Waals surface area contributed by atoms with Gasteiger partial charge in [0, 0.05) is 34.0 Å². The van der Waals surface area contributed by atoms with Gasteiger partial charge in [0.1, 0.15) is 5.76 Å². The van der Waals surface area contributed by atoms with Crippen molar-refractivity contribution in [2.75, 3.05) is 0 Å². The predicted octanol–water partition coefficient (Wildman–Crippen LogP) is 10.9. The zero-order valence-electron chi connectivity index (χ0n) is 26.3. The maximum atomic E-state index is 6.46. The van der Waals surface area contributed by atoms with Gasteiger partial charge in [-0.05, 0) is 46.5 Å². The zero-order chi connectivity index (χ0) is 32.5. The molecule has 5 nitrogen and oxygen atoms in total. The highest BCUT2D eigenvalue weighted by Crippen LogP contribution is 2.39. The predicted molar refractivity (Wildman–Crippen MR) is 196 cm³/mol. The van der Waals surface area contributed by atoms with Crippen LogP contribution in [0, 0.1) is 0 Å². The Balaban J connectivity index is 1.20. The van der Waals surface area contributed by atoms with Crippen LogP contribution in [0.3, 0.4) is 0 Å². The van der Waals surface area contributed by atoms with Crippen molar-refractivity contribution < 1.29 is 4.42 Å². The Morgan fingerprint density at radius 1 is 0.604 bits per heavy atom. The van der Waals surface area contributed by atoms with E-state index in [4.69, 9.17) is 19.4 Å². The monoisotopic (exact) mass is 618 g/mol. The van der Waals surface area contributed by atoms with Crippen molar-refractivity contribution in [2.45, 2.75) is 6.92 Å². The third kappa shape index (κ3) is 5.37. The molecule has 0 unspecified atom stereocenters. The highest BCUT2D eigenvalue weighted by molar-refractivity contribution is 6.03. The van der Waals surface area contributed by atoms with Crippen LogP contribution in [-0.4, -0.2) is 19.9 Å². The first-order valence-corrected chi connectivity index (χ1v) is 15.9. The van der Waals surface area contributed by atoms with Crippen molar-refractivity contribution in [3.05, 3.63) is 169 Å². The van der Waals surface area contributed by atoms with E-state index in [0.717, 1.165) is 55.3 Å². The van der Waals surface area contributed by atoms with Gasteiger partial charge in [0.25, 0.3) is 0 Å². The van der Waals surface area contributed by atoms with Crippen LogP contribution in [0.15, 0.2) is 157 Å². The molecule has 0 fully saturated rings. The summed E-state index contributed by atoms with van der Waals surface area (Å²) in [5.74, 6) is 2.59. The summed E-state index contributed by atoms with van der Waals surface area (Å²) in [7, 11) is 0. The maximum absolute atomic E-state index is 6.46. The largest absolute Gasteiger partial charge is 0.437 e. The molecule has 0 bridgehead atoms. The number of furan rings is 1. The maximum Gasteiger partial charge on any atom is 0.227 e. The van der Waals surface area contributed by atoms with Gasteiger partial charge in [-0.15, -0.1) is 0 Å². The lowest BCUT2D eigenvalue weighted by atomic mass is 9.95. The molecule has 0 N–H and O–H groups in total. The van der Waals surface area contributed by atoms with Gasteiger partial charge in [-0.1, -0.05) is 140 Å². The molecule has 228 valence electrons. The van der Waals surface area contributed by atoms with E-state index in [9.17, 15) is 0 Å². The van der Waals surface area contributed by atoms with E-state index in [2.05, 4.69) is 72.2 Å². The number of hydrogen-bond donors (Lipinski definition) is 0. The first-order valence-electron chi connectivity index (χ1n) is 15.9. The molecular formula is C43H30N4O. The second kappa shape index (κ2) is 12.4. The van der Waals surface area contributed by atoms with Crippen molar-refractivity contribution >= 4 is 33.5 Å². The summed E-state index contributed by atoms with van der Waals surface area (Å²) in [6, 6.07) is 45.1. The molecule has 0 aliphatic carbocycles. The number of aromatic nitrogens is 4. The fourth-order valence-corrected chi connectivity index (χ4v) is 6.08. The van der Waals surface area contributed by atoms with Crippen LogP contribution in [-0.2, 0) is 0 Å². The van der Waals surface area contributed by atoms with Crippen LogP contribution in [0.5, 0.6) is 0 Å². The van der Waals surface area contributed by atoms with Crippen molar-refractivity contribution in [1.29, 1.82) is 0 Å². The second-order valence-corrected chi connectivity index (χ2v) is 11.5. The standard InChI is InChI=1S/C43H30N4O/c1-3-12-37-38-36(25-26-44-43(38)48-39(37)28(2)34-24-19-29-13-10-11-18-35(29)27-34)30-20-22-33(23-21-30)42-46-40(31-14-6-4-7-15-31)45-41(47-42)32-16-8-5-9-17-32/h3-27H,2H2,1H3/b12-3-. The van der Waals surface area contributed by atoms with Gasteiger partial charge in [-0.2, -0.15) is 0 Å². The summed E-state index contributed by atoms with van der Waals surface area (Å²) in [5, 5.41) is 3.28. The summed E-state index contributed by atoms with van der Waals surface area (Å²) >= 11 is 0. The number of rotatable bonds is 7. The smallest absolute Gasteiger partial charge is 0.227 e. The molecule has 0 saturated carbocycles. The molecule has 5 aromatic carbocycles. The second-order valence-electron chi connectivity index (χ2n) is 11.5. The Bertz CT molecular complexity index is 2400. The number of allylic oxidation sites excluding steroid dienone is 1. The van der Waals surface area contributed by atoms with Gasteiger partial charge in [-0.3, -0.25) is 0 Å². The summed E-state index contributed by atoms with van der Waals surface area (Å²) in [5.41, 5.74) is 8.16. The lowest BCUT2D eigenvalue weighted by Crippen LogP contribution is -2.00. The Hall–Kier alpha value is -6.46. The molecule has 0 spiro atoms. The van der Waals surface area contributed by atoms with Crippen molar-refractivity contribution in [2.24, 2.45) is 0 Å². The minimum Gasteiger partial charge on any atom is -0.437 e. The summed E-state index contributed by atoms with van der Waals surface area (Å²) < 4.78 is 6.46. The van der Waals surface area contributed by atoms with E-state index in [0.29, 0.717) is 28.9 Å². The minimum atomic E-state index is 0.569. The highest BCUT2D eigenvalue weighted by atomic mass is 16.3. The van der Waals surface area contributed by atoms with E-state index >= 15 is 0 Å². The lowest BCUT2D eigenvalue weighted by molar-refractivity contribution is 0.588. The van der Waals surface area contributed by atoms with Crippen LogP contribution in [0.4, 0.5) is 0 Å². The average Bonchev–Trinajstić information content (AvgIpc) is 3.53. The molecule has 3 aromatic heterocycles. The van der Waals surface area contributed by atoms with E-state index in [1.807, 2.05) is 91.9 Å². The molecule has 0 amide bonds. The van der Waals surface area contributed by atoms with Gasteiger partial charge in [-0.25, -0.2) is 19.9 Å². The van der Waals surface area contributed by atoms with Crippen LogP contribution in [0.25, 0.3) is 78.8 Å². The topological polar surface area (TPSA) is 64.7 Å². The molecule has 0 saturated heterocycles. The SMILES string of the molecule is C=C(c1ccc2ccccc2c1)c1oc2nccc(-c3ccc(-c4nc(-c5ccccc5)nc(-c5ccccc5)n4)cc3)c2c1/C=C\C. The average molecular weight is 619 g/mol. The molecular weight excluding hydrogens is 589 g/mol. The molecule has 3 heterocycles. The molecule has 48 heavy (non-hydrogen) atoms. The first kappa shape index (κ1) is 29.0. The Kier molecular flexibility index (Phi) is 7.48. The van der Waals surface area contributed by atoms with Gasteiger partial charge < -0.3 is 4.42 Å². The fraction of sp³-hybridized carbons (Fsp3) is 0.0233. The zero-order valence-corrected chi connectivity index (χ0v) is 26.3. The fourth-order valence-electron chi connectivity index (χ4n) is 6.08. The molecule has 0 aliphatic heterocycles. The van der Waals surface area contributed by atoms with Crippen molar-refractivity contribution in [3.63, 3.8) is 0 Å². The van der Waals surface area contributed by atoms with Gasteiger partial charge in [0.2, 0.25) is 5.71 Å².